The monoisotopic (exact) mass is 185 g/mol. The molecule has 66 valence electrons. The Kier molecular flexibility index (Phi) is 2.81. The molecule has 0 radical (unpaired) electrons. The van der Waals surface area contributed by atoms with Gasteiger partial charge in [-0.15, -0.1) is 11.3 Å². The minimum atomic E-state index is -0.785. The zero-order valence-corrected chi connectivity index (χ0v) is 7.89. The fourth-order valence-corrected chi connectivity index (χ4v) is 1.96. The van der Waals surface area contributed by atoms with Crippen LogP contribution in [0.1, 0.15) is 30.0 Å². The van der Waals surface area contributed by atoms with Crippen LogP contribution >= 0.6 is 11.3 Å². The van der Waals surface area contributed by atoms with Crippen LogP contribution in [0.5, 0.6) is 0 Å². The molecule has 0 spiro atoms. The number of thiazole rings is 1. The summed E-state index contributed by atoms with van der Waals surface area (Å²) >= 11 is 1.42. The van der Waals surface area contributed by atoms with Crippen molar-refractivity contribution in [2.45, 2.75) is 26.2 Å². The number of hydrogen-bond donors (Lipinski definition) is 1. The molecule has 0 saturated heterocycles. The summed E-state index contributed by atoms with van der Waals surface area (Å²) < 4.78 is 0. The SMILES string of the molecule is CCC(C(=O)O)c1nc(C)cs1. The normalized spacial score (nSPS) is 12.8. The highest BCUT2D eigenvalue weighted by Crippen LogP contribution is 2.22. The summed E-state index contributed by atoms with van der Waals surface area (Å²) in [6, 6.07) is 0. The maximum atomic E-state index is 10.7. The lowest BCUT2D eigenvalue weighted by molar-refractivity contribution is -0.138. The van der Waals surface area contributed by atoms with Gasteiger partial charge in [0.2, 0.25) is 0 Å². The summed E-state index contributed by atoms with van der Waals surface area (Å²) in [5.74, 6) is -1.21. The molecule has 0 aliphatic rings. The van der Waals surface area contributed by atoms with Crippen LogP contribution in [0, 0.1) is 6.92 Å². The molecule has 0 aliphatic heterocycles. The fraction of sp³-hybridized carbons (Fsp3) is 0.500. The zero-order chi connectivity index (χ0) is 9.14. The van der Waals surface area contributed by atoms with Gasteiger partial charge in [0, 0.05) is 11.1 Å². The Hall–Kier alpha value is -0.900. The number of carbonyl (C=O) groups is 1. The van der Waals surface area contributed by atoms with E-state index in [0.29, 0.717) is 11.4 Å². The summed E-state index contributed by atoms with van der Waals surface area (Å²) in [6.45, 7) is 3.73. The Morgan fingerprint density at radius 2 is 2.50 bits per heavy atom. The largest absolute Gasteiger partial charge is 0.481 e. The van der Waals surface area contributed by atoms with Gasteiger partial charge in [0.25, 0.3) is 0 Å². The minimum Gasteiger partial charge on any atom is -0.481 e. The second-order valence-electron chi connectivity index (χ2n) is 2.63. The zero-order valence-electron chi connectivity index (χ0n) is 7.07. The number of aryl methyl sites for hydroxylation is 1. The van der Waals surface area contributed by atoms with Crippen LogP contribution in [0.4, 0.5) is 0 Å². The first-order valence-electron chi connectivity index (χ1n) is 3.80. The third kappa shape index (κ3) is 1.82. The van der Waals surface area contributed by atoms with E-state index in [9.17, 15) is 4.79 Å². The maximum absolute atomic E-state index is 10.7. The van der Waals surface area contributed by atoms with Gasteiger partial charge in [0.15, 0.2) is 0 Å². The molecule has 1 rings (SSSR count). The standard InChI is InChI=1S/C8H11NO2S/c1-3-6(8(10)11)7-9-5(2)4-12-7/h4,6H,3H2,1-2H3,(H,10,11). The molecule has 0 bridgehead atoms. The lowest BCUT2D eigenvalue weighted by atomic mass is 10.1. The predicted octanol–water partition coefficient (Wildman–Crippen LogP) is 2.03. The Morgan fingerprint density at radius 3 is 2.83 bits per heavy atom. The Labute approximate surface area is 75.1 Å². The van der Waals surface area contributed by atoms with E-state index in [4.69, 9.17) is 5.11 Å². The Morgan fingerprint density at radius 1 is 1.83 bits per heavy atom. The van der Waals surface area contributed by atoms with Crippen LogP contribution in [-0.2, 0) is 4.79 Å². The number of hydrogen-bond acceptors (Lipinski definition) is 3. The predicted molar refractivity (Wildman–Crippen MR) is 47.5 cm³/mol. The van der Waals surface area contributed by atoms with Crippen molar-refractivity contribution in [2.24, 2.45) is 0 Å². The molecule has 1 unspecified atom stereocenters. The average Bonchev–Trinajstić information content (AvgIpc) is 2.37. The first kappa shape index (κ1) is 9.19. The van der Waals surface area contributed by atoms with Crippen molar-refractivity contribution in [3.8, 4) is 0 Å². The van der Waals surface area contributed by atoms with Crippen LogP contribution in [0.25, 0.3) is 0 Å². The van der Waals surface area contributed by atoms with Gasteiger partial charge in [0.05, 0.1) is 0 Å². The Bertz CT molecular complexity index is 282. The molecular formula is C8H11NO2S. The van der Waals surface area contributed by atoms with Gasteiger partial charge >= 0.3 is 5.97 Å². The Balaban J connectivity index is 2.87. The smallest absolute Gasteiger partial charge is 0.313 e. The highest BCUT2D eigenvalue weighted by atomic mass is 32.1. The molecule has 0 amide bonds. The van der Waals surface area contributed by atoms with E-state index in [2.05, 4.69) is 4.98 Å². The quantitative estimate of drug-likeness (QED) is 0.783. The van der Waals surface area contributed by atoms with Crippen LogP contribution in [0.3, 0.4) is 0 Å². The summed E-state index contributed by atoms with van der Waals surface area (Å²) in [5.41, 5.74) is 0.898. The second kappa shape index (κ2) is 3.67. The molecular weight excluding hydrogens is 174 g/mol. The maximum Gasteiger partial charge on any atom is 0.313 e. The van der Waals surface area contributed by atoms with Gasteiger partial charge in [-0.3, -0.25) is 4.79 Å². The van der Waals surface area contributed by atoms with Crippen molar-refractivity contribution in [1.82, 2.24) is 4.98 Å². The third-order valence-electron chi connectivity index (χ3n) is 1.64. The summed E-state index contributed by atoms with van der Waals surface area (Å²) in [5, 5.41) is 11.4. The van der Waals surface area contributed by atoms with Gasteiger partial charge in [-0.05, 0) is 13.3 Å². The lowest BCUT2D eigenvalue weighted by Crippen LogP contribution is -2.09. The van der Waals surface area contributed by atoms with Crippen molar-refractivity contribution in [2.75, 3.05) is 0 Å². The van der Waals surface area contributed by atoms with E-state index in [1.54, 1.807) is 0 Å². The first-order valence-corrected chi connectivity index (χ1v) is 4.68. The molecule has 1 N–H and O–H groups in total. The lowest BCUT2D eigenvalue weighted by Gasteiger charge is -2.03. The second-order valence-corrected chi connectivity index (χ2v) is 3.52. The molecule has 1 heterocycles. The van der Waals surface area contributed by atoms with Crippen LogP contribution in [0.15, 0.2) is 5.38 Å². The van der Waals surface area contributed by atoms with Crippen molar-refractivity contribution in [3.63, 3.8) is 0 Å². The summed E-state index contributed by atoms with van der Waals surface area (Å²) in [4.78, 5) is 14.8. The average molecular weight is 185 g/mol. The summed E-state index contributed by atoms with van der Waals surface area (Å²) in [7, 11) is 0. The van der Waals surface area contributed by atoms with Crippen LogP contribution < -0.4 is 0 Å². The highest BCUT2D eigenvalue weighted by molar-refractivity contribution is 7.09. The number of carboxylic acids is 1. The molecule has 1 aromatic heterocycles. The fourth-order valence-electron chi connectivity index (χ4n) is 0.987. The van der Waals surface area contributed by atoms with Gasteiger partial charge in [-0.2, -0.15) is 0 Å². The molecule has 4 heteroatoms. The van der Waals surface area contributed by atoms with E-state index >= 15 is 0 Å². The van der Waals surface area contributed by atoms with Crippen LogP contribution in [0.2, 0.25) is 0 Å². The number of aliphatic carboxylic acids is 1. The van der Waals surface area contributed by atoms with Gasteiger partial charge in [-0.1, -0.05) is 6.92 Å². The first-order chi connectivity index (χ1) is 5.65. The van der Waals surface area contributed by atoms with Gasteiger partial charge in [0.1, 0.15) is 10.9 Å². The molecule has 0 saturated carbocycles. The molecule has 1 aromatic rings. The van der Waals surface area contributed by atoms with E-state index in [0.717, 1.165) is 5.69 Å². The van der Waals surface area contributed by atoms with Crippen molar-refractivity contribution >= 4 is 17.3 Å². The van der Waals surface area contributed by atoms with E-state index < -0.39 is 11.9 Å². The molecule has 0 fully saturated rings. The summed E-state index contributed by atoms with van der Waals surface area (Å²) in [6.07, 6.45) is 0.599. The number of nitrogens with zero attached hydrogens (tertiary/aromatic N) is 1. The molecule has 12 heavy (non-hydrogen) atoms. The van der Waals surface area contributed by atoms with Gasteiger partial charge in [-0.25, -0.2) is 4.98 Å². The van der Waals surface area contributed by atoms with Crippen LogP contribution in [-0.4, -0.2) is 16.1 Å². The van der Waals surface area contributed by atoms with Crippen molar-refractivity contribution in [3.05, 3.63) is 16.1 Å². The molecule has 1 atom stereocenters. The van der Waals surface area contributed by atoms with Crippen molar-refractivity contribution < 1.29 is 9.90 Å². The van der Waals surface area contributed by atoms with Crippen molar-refractivity contribution in [1.29, 1.82) is 0 Å². The van der Waals surface area contributed by atoms with Gasteiger partial charge < -0.3 is 5.11 Å². The van der Waals surface area contributed by atoms with E-state index in [1.165, 1.54) is 11.3 Å². The topological polar surface area (TPSA) is 50.2 Å². The number of carboxylic acid groups (broad SMARTS) is 1. The molecule has 0 aliphatic carbocycles. The highest BCUT2D eigenvalue weighted by Gasteiger charge is 2.20. The van der Waals surface area contributed by atoms with E-state index in [-0.39, 0.29) is 0 Å². The molecule has 0 aromatic carbocycles. The number of rotatable bonds is 3. The minimum absolute atomic E-state index is 0.427. The molecule has 3 nitrogen and oxygen atoms in total. The van der Waals surface area contributed by atoms with E-state index in [1.807, 2.05) is 19.2 Å². The third-order valence-corrected chi connectivity index (χ3v) is 2.72. The number of aromatic nitrogens is 1.